The van der Waals surface area contributed by atoms with Crippen molar-refractivity contribution >= 4 is 34.8 Å². The molecule has 212 valence electrons. The first-order chi connectivity index (χ1) is 18.2. The Kier molecular flexibility index (Phi) is 7.63. The highest BCUT2D eigenvalue weighted by Gasteiger charge is 2.64. The summed E-state index contributed by atoms with van der Waals surface area (Å²) in [4.78, 5) is 42.8. The maximum Gasteiger partial charge on any atom is 0.255 e. The van der Waals surface area contributed by atoms with Crippen molar-refractivity contribution in [2.24, 2.45) is 23.5 Å². The summed E-state index contributed by atoms with van der Waals surface area (Å²) in [5.41, 5.74) is 2.79. The van der Waals surface area contributed by atoms with Gasteiger partial charge in [0.25, 0.3) is 5.91 Å². The Morgan fingerprint density at radius 3 is 2.41 bits per heavy atom. The molecule has 39 heavy (non-hydrogen) atoms. The van der Waals surface area contributed by atoms with Gasteiger partial charge >= 0.3 is 0 Å². The number of ketones is 2. The van der Waals surface area contributed by atoms with Crippen molar-refractivity contribution in [1.82, 2.24) is 9.80 Å². The Morgan fingerprint density at radius 2 is 1.87 bits per heavy atom. The fourth-order valence-corrected chi connectivity index (χ4v) is 6.81. The molecule has 0 radical (unpaired) electrons. The van der Waals surface area contributed by atoms with Crippen LogP contribution in [0.5, 0.6) is 5.75 Å². The molecule has 3 aliphatic rings. The van der Waals surface area contributed by atoms with E-state index in [4.69, 9.17) is 17.3 Å². The van der Waals surface area contributed by atoms with Gasteiger partial charge in [-0.2, -0.15) is 0 Å². The highest BCUT2D eigenvalue weighted by Crippen LogP contribution is 2.53. The van der Waals surface area contributed by atoms with E-state index in [1.807, 2.05) is 6.92 Å². The van der Waals surface area contributed by atoms with Crippen LogP contribution in [-0.2, 0) is 27.3 Å². The average Bonchev–Trinajstić information content (AvgIpc) is 2.83. The summed E-state index contributed by atoms with van der Waals surface area (Å²) >= 11 is 6.85. The van der Waals surface area contributed by atoms with Crippen LogP contribution in [0.25, 0.3) is 5.76 Å². The van der Waals surface area contributed by atoms with E-state index in [2.05, 4.69) is 18.7 Å². The number of benzene rings is 1. The Morgan fingerprint density at radius 1 is 1.23 bits per heavy atom. The maximum atomic E-state index is 13.9. The molecule has 0 aliphatic heterocycles. The Labute approximate surface area is 232 Å². The van der Waals surface area contributed by atoms with Crippen LogP contribution in [0.1, 0.15) is 43.9 Å². The second-order valence-electron chi connectivity index (χ2n) is 11.4. The molecule has 11 heteroatoms. The summed E-state index contributed by atoms with van der Waals surface area (Å²) in [6.07, 6.45) is 0.173. The third-order valence-corrected chi connectivity index (χ3v) is 8.66. The van der Waals surface area contributed by atoms with Gasteiger partial charge in [0.15, 0.2) is 11.4 Å². The van der Waals surface area contributed by atoms with Gasteiger partial charge in [0.2, 0.25) is 5.78 Å². The highest BCUT2D eigenvalue weighted by molar-refractivity contribution is 6.32. The van der Waals surface area contributed by atoms with Crippen molar-refractivity contribution in [2.45, 2.75) is 51.8 Å². The Hall–Kier alpha value is -2.92. The predicted molar refractivity (Wildman–Crippen MR) is 145 cm³/mol. The van der Waals surface area contributed by atoms with E-state index >= 15 is 0 Å². The molecule has 1 saturated carbocycles. The molecule has 0 bridgehead atoms. The maximum absolute atomic E-state index is 13.9. The third-order valence-electron chi connectivity index (χ3n) is 8.19. The number of carbonyl (C=O) groups is 3. The average molecular weight is 562 g/mol. The zero-order valence-corrected chi connectivity index (χ0v) is 23.5. The first kappa shape index (κ1) is 29.1. The van der Waals surface area contributed by atoms with Crippen LogP contribution in [0, 0.1) is 17.8 Å². The molecule has 3 aliphatic carbocycles. The lowest BCUT2D eigenvalue weighted by atomic mass is 9.57. The molecule has 0 saturated heterocycles. The number of phenols is 1. The molecule has 4 atom stereocenters. The number of fused-ring (bicyclic) bond motifs is 3. The quantitative estimate of drug-likeness (QED) is 0.313. The van der Waals surface area contributed by atoms with Crippen LogP contribution >= 0.6 is 11.6 Å². The van der Waals surface area contributed by atoms with E-state index in [1.165, 1.54) is 11.0 Å². The van der Waals surface area contributed by atoms with Crippen LogP contribution in [0.2, 0.25) is 5.02 Å². The van der Waals surface area contributed by atoms with E-state index in [1.54, 1.807) is 14.1 Å². The van der Waals surface area contributed by atoms with Crippen molar-refractivity contribution in [3.63, 3.8) is 0 Å². The highest BCUT2D eigenvalue weighted by atomic mass is 35.5. The molecule has 1 aromatic rings. The minimum absolute atomic E-state index is 0.00746. The number of aliphatic hydroxyl groups is 3. The van der Waals surface area contributed by atoms with Crippen molar-refractivity contribution in [3.05, 3.63) is 44.7 Å². The summed E-state index contributed by atoms with van der Waals surface area (Å²) in [6, 6.07) is 0.336. The number of Topliss-reactive ketones (excluding diaryl/α,β-unsaturated/α-hetero) is 2. The van der Waals surface area contributed by atoms with Gasteiger partial charge in [0.05, 0.1) is 11.6 Å². The summed E-state index contributed by atoms with van der Waals surface area (Å²) < 4.78 is 0. The summed E-state index contributed by atoms with van der Waals surface area (Å²) in [6.45, 7) is 8.31. The number of carbonyl (C=O) groups excluding carboxylic acids is 3. The monoisotopic (exact) mass is 561 g/mol. The molecular formula is C28H36ClN3O7. The van der Waals surface area contributed by atoms with E-state index in [9.17, 15) is 34.8 Å². The first-order valence-corrected chi connectivity index (χ1v) is 13.4. The van der Waals surface area contributed by atoms with E-state index < -0.39 is 58.0 Å². The number of amides is 1. The molecule has 10 nitrogen and oxygen atoms in total. The molecule has 0 spiro atoms. The van der Waals surface area contributed by atoms with Crippen LogP contribution in [0.15, 0.2) is 23.0 Å². The number of aliphatic hydroxyl groups excluding tert-OH is 2. The first-order valence-electron chi connectivity index (χ1n) is 13.1. The summed E-state index contributed by atoms with van der Waals surface area (Å²) in [7, 11) is 3.12. The molecule has 4 rings (SSSR count). The van der Waals surface area contributed by atoms with Gasteiger partial charge in [0.1, 0.15) is 22.8 Å². The number of halogens is 1. The number of hydrogen-bond donors (Lipinski definition) is 5. The SMILES string of the molecule is CCN(Cc1cc(O)c2c(c1Cl)C[C@H]1C[C@H]3[C@H](N(C)C)C(=O)C(C(N)=O)=C(O)[C@@]3(O)C(=O)C1=C2O)CC(C)C. The molecule has 1 fully saturated rings. The van der Waals surface area contributed by atoms with Crippen molar-refractivity contribution in [2.75, 3.05) is 27.2 Å². The number of hydrogen-bond acceptors (Lipinski definition) is 9. The third kappa shape index (κ3) is 4.43. The minimum atomic E-state index is -2.66. The number of likely N-dealkylation sites (N-methyl/N-ethyl adjacent to an activating group) is 1. The zero-order valence-electron chi connectivity index (χ0n) is 22.8. The van der Waals surface area contributed by atoms with E-state index in [-0.39, 0.29) is 29.7 Å². The van der Waals surface area contributed by atoms with Gasteiger partial charge in [-0.15, -0.1) is 0 Å². The van der Waals surface area contributed by atoms with Gasteiger partial charge in [0, 0.05) is 29.6 Å². The molecular weight excluding hydrogens is 526 g/mol. The van der Waals surface area contributed by atoms with Crippen LogP contribution in [-0.4, -0.2) is 86.5 Å². The zero-order chi connectivity index (χ0) is 29.1. The topological polar surface area (TPSA) is 165 Å². The van der Waals surface area contributed by atoms with E-state index in [0.29, 0.717) is 28.6 Å². The normalized spacial score (nSPS) is 26.9. The molecule has 0 unspecified atom stereocenters. The molecule has 0 heterocycles. The van der Waals surface area contributed by atoms with Gasteiger partial charge < -0.3 is 26.2 Å². The minimum Gasteiger partial charge on any atom is -0.508 e. The van der Waals surface area contributed by atoms with Gasteiger partial charge in [-0.25, -0.2) is 0 Å². The Balaban J connectivity index is 1.87. The fourth-order valence-electron chi connectivity index (χ4n) is 6.52. The van der Waals surface area contributed by atoms with Crippen LogP contribution < -0.4 is 5.73 Å². The van der Waals surface area contributed by atoms with Gasteiger partial charge in [-0.1, -0.05) is 32.4 Å². The number of nitrogens with zero attached hydrogens (tertiary/aromatic N) is 2. The molecule has 1 aromatic carbocycles. The lowest BCUT2D eigenvalue weighted by Gasteiger charge is -2.50. The molecule has 1 amide bonds. The van der Waals surface area contributed by atoms with Crippen molar-refractivity contribution in [3.8, 4) is 5.75 Å². The molecule has 0 aromatic heterocycles. The second kappa shape index (κ2) is 10.2. The number of rotatable bonds is 7. The summed E-state index contributed by atoms with van der Waals surface area (Å²) in [5, 5.41) is 45.2. The smallest absolute Gasteiger partial charge is 0.255 e. The largest absolute Gasteiger partial charge is 0.508 e. The lowest BCUT2D eigenvalue weighted by molar-refractivity contribution is -0.153. The van der Waals surface area contributed by atoms with Crippen molar-refractivity contribution in [1.29, 1.82) is 0 Å². The standard InChI is InChI=1S/C28H36ClN3O7/c1-6-32(10-12(2)3)11-14-9-17(33)19-15(21(14)29)7-13-8-16-22(31(4)5)24(35)20(27(30)38)26(37)28(16,39)25(36)18(13)23(19)34/h9,12-13,16,22,33-34,37,39H,6-8,10-11H2,1-5H3,(H2,30,38)/t13-,16-,22-,28-/m0/s1. The second-order valence-corrected chi connectivity index (χ2v) is 11.8. The van der Waals surface area contributed by atoms with Gasteiger partial charge in [-0.3, -0.25) is 24.2 Å². The molecule has 6 N–H and O–H groups in total. The number of phenolic OH excluding ortho intramolecular Hbond substituents is 1. The van der Waals surface area contributed by atoms with Crippen LogP contribution in [0.4, 0.5) is 0 Å². The van der Waals surface area contributed by atoms with Gasteiger partial charge in [-0.05, 0) is 62.5 Å². The fraction of sp³-hybridized carbons (Fsp3) is 0.536. The number of nitrogens with two attached hydrogens (primary N) is 1. The van der Waals surface area contributed by atoms with Crippen molar-refractivity contribution < 1.29 is 34.8 Å². The van der Waals surface area contributed by atoms with E-state index in [0.717, 1.165) is 13.1 Å². The van der Waals surface area contributed by atoms with Crippen LogP contribution in [0.3, 0.4) is 0 Å². The Bertz CT molecular complexity index is 1320. The predicted octanol–water partition coefficient (Wildman–Crippen LogP) is 2.10. The number of aromatic hydroxyl groups is 1. The number of primary amides is 1. The summed E-state index contributed by atoms with van der Waals surface area (Å²) in [5.74, 6) is -6.41. The lowest BCUT2D eigenvalue weighted by Crippen LogP contribution is -2.65.